The van der Waals surface area contributed by atoms with E-state index < -0.39 is 40.7 Å². The average molecular weight is 264 g/mol. The zero-order valence-corrected chi connectivity index (χ0v) is 8.81. The fourth-order valence-electron chi connectivity index (χ4n) is 1.38. The molecule has 18 heavy (non-hydrogen) atoms. The Bertz CT molecular complexity index is 607. The summed E-state index contributed by atoms with van der Waals surface area (Å²) in [5.74, 6) is -10.9. The SMILES string of the molecule is Cc1nc(N)n(-c2c(F)c(F)c(F)c(F)c2F)n1. The van der Waals surface area contributed by atoms with Gasteiger partial charge in [0.15, 0.2) is 23.3 Å². The average Bonchev–Trinajstić information content (AvgIpc) is 2.64. The Morgan fingerprint density at radius 3 is 1.72 bits per heavy atom. The summed E-state index contributed by atoms with van der Waals surface area (Å²) < 4.78 is 65.9. The zero-order chi connectivity index (χ0) is 13.6. The van der Waals surface area contributed by atoms with E-state index in [-0.39, 0.29) is 5.82 Å². The molecule has 2 rings (SSSR count). The topological polar surface area (TPSA) is 56.7 Å². The maximum atomic E-state index is 13.4. The maximum absolute atomic E-state index is 13.4. The Kier molecular flexibility index (Phi) is 2.68. The first-order chi connectivity index (χ1) is 8.34. The summed E-state index contributed by atoms with van der Waals surface area (Å²) in [6.07, 6.45) is 0. The van der Waals surface area contributed by atoms with Crippen molar-refractivity contribution in [1.82, 2.24) is 14.8 Å². The standard InChI is InChI=1S/C9H5F5N4/c1-2-16-9(15)18(17-2)8-6(13)4(11)3(10)5(12)7(8)14/h1H3,(H2,15,16,17). The van der Waals surface area contributed by atoms with E-state index in [1.165, 1.54) is 6.92 Å². The molecule has 0 amide bonds. The van der Waals surface area contributed by atoms with Gasteiger partial charge in [-0.05, 0) is 6.92 Å². The molecule has 1 heterocycles. The Balaban J connectivity index is 2.84. The Morgan fingerprint density at radius 1 is 0.889 bits per heavy atom. The van der Waals surface area contributed by atoms with Crippen LogP contribution in [0.2, 0.25) is 0 Å². The van der Waals surface area contributed by atoms with Gasteiger partial charge in [0.2, 0.25) is 11.8 Å². The Hall–Kier alpha value is -2.19. The molecule has 0 bridgehead atoms. The molecule has 0 radical (unpaired) electrons. The van der Waals surface area contributed by atoms with E-state index in [4.69, 9.17) is 5.73 Å². The van der Waals surface area contributed by atoms with Crippen molar-refractivity contribution in [2.24, 2.45) is 0 Å². The number of nitrogens with two attached hydrogens (primary N) is 1. The van der Waals surface area contributed by atoms with Crippen molar-refractivity contribution < 1.29 is 22.0 Å². The Labute approximate surface area is 96.8 Å². The van der Waals surface area contributed by atoms with E-state index in [1.54, 1.807) is 0 Å². The van der Waals surface area contributed by atoms with Gasteiger partial charge in [-0.3, -0.25) is 0 Å². The molecule has 4 nitrogen and oxygen atoms in total. The molecule has 0 unspecified atom stereocenters. The number of rotatable bonds is 1. The van der Waals surface area contributed by atoms with Crippen molar-refractivity contribution in [3.63, 3.8) is 0 Å². The minimum atomic E-state index is -2.25. The monoisotopic (exact) mass is 264 g/mol. The molecular formula is C9H5F5N4. The highest BCUT2D eigenvalue weighted by Gasteiger charge is 2.28. The molecule has 0 aliphatic rings. The van der Waals surface area contributed by atoms with Crippen molar-refractivity contribution in [2.75, 3.05) is 5.73 Å². The molecule has 0 fully saturated rings. The van der Waals surface area contributed by atoms with Gasteiger partial charge in [-0.1, -0.05) is 0 Å². The molecule has 0 aliphatic carbocycles. The van der Waals surface area contributed by atoms with Gasteiger partial charge in [0, 0.05) is 0 Å². The maximum Gasteiger partial charge on any atom is 0.223 e. The van der Waals surface area contributed by atoms with Crippen molar-refractivity contribution in [1.29, 1.82) is 0 Å². The molecule has 2 aromatic rings. The largest absolute Gasteiger partial charge is 0.368 e. The van der Waals surface area contributed by atoms with Crippen molar-refractivity contribution in [3.05, 3.63) is 34.9 Å². The van der Waals surface area contributed by atoms with E-state index in [0.29, 0.717) is 4.68 Å². The van der Waals surface area contributed by atoms with Crippen LogP contribution in [0.4, 0.5) is 27.9 Å². The lowest BCUT2D eigenvalue weighted by Crippen LogP contribution is -2.12. The highest BCUT2D eigenvalue weighted by atomic mass is 19.2. The smallest absolute Gasteiger partial charge is 0.223 e. The molecule has 0 atom stereocenters. The summed E-state index contributed by atoms with van der Waals surface area (Å²) >= 11 is 0. The number of hydrogen-bond donors (Lipinski definition) is 1. The highest BCUT2D eigenvalue weighted by Crippen LogP contribution is 2.26. The van der Waals surface area contributed by atoms with Gasteiger partial charge in [0.25, 0.3) is 0 Å². The molecule has 1 aromatic heterocycles. The molecule has 0 aliphatic heterocycles. The lowest BCUT2D eigenvalue weighted by atomic mass is 10.2. The normalized spacial score (nSPS) is 11.0. The van der Waals surface area contributed by atoms with Crippen LogP contribution in [0.3, 0.4) is 0 Å². The number of halogens is 5. The summed E-state index contributed by atoms with van der Waals surface area (Å²) in [5.41, 5.74) is 4.01. The third-order valence-corrected chi connectivity index (χ3v) is 2.14. The number of hydrogen-bond acceptors (Lipinski definition) is 3. The molecular weight excluding hydrogens is 259 g/mol. The van der Waals surface area contributed by atoms with Crippen LogP contribution >= 0.6 is 0 Å². The van der Waals surface area contributed by atoms with Gasteiger partial charge in [0.1, 0.15) is 11.5 Å². The predicted molar refractivity (Wildman–Crippen MR) is 50.3 cm³/mol. The van der Waals surface area contributed by atoms with Gasteiger partial charge in [-0.15, -0.1) is 5.10 Å². The van der Waals surface area contributed by atoms with Gasteiger partial charge in [-0.2, -0.15) is 9.67 Å². The van der Waals surface area contributed by atoms with Gasteiger partial charge < -0.3 is 5.73 Å². The Morgan fingerprint density at radius 2 is 1.33 bits per heavy atom. The summed E-state index contributed by atoms with van der Waals surface area (Å²) in [5, 5.41) is 3.46. The third kappa shape index (κ3) is 1.59. The second-order valence-corrected chi connectivity index (χ2v) is 3.35. The number of anilines is 1. The lowest BCUT2D eigenvalue weighted by molar-refractivity contribution is 0.374. The van der Waals surface area contributed by atoms with Crippen molar-refractivity contribution in [3.8, 4) is 5.69 Å². The fraction of sp³-hybridized carbons (Fsp3) is 0.111. The van der Waals surface area contributed by atoms with E-state index in [1.807, 2.05) is 0 Å². The van der Waals surface area contributed by atoms with Gasteiger partial charge in [-0.25, -0.2) is 22.0 Å². The fourth-order valence-corrected chi connectivity index (χ4v) is 1.38. The zero-order valence-electron chi connectivity index (χ0n) is 8.81. The molecule has 0 saturated heterocycles. The number of aromatic nitrogens is 3. The first-order valence-corrected chi connectivity index (χ1v) is 4.55. The van der Waals surface area contributed by atoms with Gasteiger partial charge in [0.05, 0.1) is 0 Å². The van der Waals surface area contributed by atoms with Crippen LogP contribution in [-0.2, 0) is 0 Å². The van der Waals surface area contributed by atoms with E-state index in [2.05, 4.69) is 10.1 Å². The predicted octanol–water partition coefficient (Wildman–Crippen LogP) is 1.85. The van der Waals surface area contributed by atoms with Crippen LogP contribution < -0.4 is 5.73 Å². The van der Waals surface area contributed by atoms with E-state index in [0.717, 1.165) is 0 Å². The van der Waals surface area contributed by atoms with Crippen LogP contribution in [0.25, 0.3) is 5.69 Å². The summed E-state index contributed by atoms with van der Waals surface area (Å²) in [4.78, 5) is 3.51. The molecule has 9 heteroatoms. The summed E-state index contributed by atoms with van der Waals surface area (Å²) in [6, 6.07) is 0. The minimum absolute atomic E-state index is 0.0245. The summed E-state index contributed by atoms with van der Waals surface area (Å²) in [7, 11) is 0. The van der Waals surface area contributed by atoms with Gasteiger partial charge >= 0.3 is 0 Å². The number of benzene rings is 1. The molecule has 2 N–H and O–H groups in total. The van der Waals surface area contributed by atoms with Crippen LogP contribution in [0, 0.1) is 36.0 Å². The first-order valence-electron chi connectivity index (χ1n) is 4.55. The highest BCUT2D eigenvalue weighted by molar-refractivity contribution is 5.41. The molecule has 1 aromatic carbocycles. The number of nitrogens with zero attached hydrogens (tertiary/aromatic N) is 3. The number of aryl methyl sites for hydroxylation is 1. The second-order valence-electron chi connectivity index (χ2n) is 3.35. The van der Waals surface area contributed by atoms with Crippen LogP contribution in [0.1, 0.15) is 5.82 Å². The second kappa shape index (κ2) is 3.93. The van der Waals surface area contributed by atoms with Crippen LogP contribution in [0.15, 0.2) is 0 Å². The van der Waals surface area contributed by atoms with Crippen LogP contribution in [-0.4, -0.2) is 14.8 Å². The van der Waals surface area contributed by atoms with Crippen molar-refractivity contribution in [2.45, 2.75) is 6.92 Å². The van der Waals surface area contributed by atoms with E-state index in [9.17, 15) is 22.0 Å². The van der Waals surface area contributed by atoms with Crippen molar-refractivity contribution >= 4 is 5.95 Å². The lowest BCUT2D eigenvalue weighted by Gasteiger charge is -2.08. The molecule has 0 saturated carbocycles. The molecule has 96 valence electrons. The number of nitrogen functional groups attached to an aromatic ring is 1. The third-order valence-electron chi connectivity index (χ3n) is 2.14. The first kappa shape index (κ1) is 12.3. The van der Waals surface area contributed by atoms with E-state index >= 15 is 0 Å². The summed E-state index contributed by atoms with van der Waals surface area (Å²) in [6.45, 7) is 1.35. The minimum Gasteiger partial charge on any atom is -0.368 e. The molecule has 0 spiro atoms. The van der Waals surface area contributed by atoms with Crippen LogP contribution in [0.5, 0.6) is 0 Å². The quantitative estimate of drug-likeness (QED) is 0.486.